The number of amides is 1. The van der Waals surface area contributed by atoms with Gasteiger partial charge in [0.05, 0.1) is 11.4 Å². The van der Waals surface area contributed by atoms with Gasteiger partial charge in [-0.3, -0.25) is 4.79 Å². The van der Waals surface area contributed by atoms with Crippen LogP contribution in [0, 0.1) is 37.1 Å². The van der Waals surface area contributed by atoms with Crippen LogP contribution in [0.3, 0.4) is 0 Å². The molecule has 1 amide bonds. The molecule has 0 bridgehead atoms. The van der Waals surface area contributed by atoms with Gasteiger partial charge in [-0.05, 0) is 31.5 Å². The highest BCUT2D eigenvalue weighted by molar-refractivity contribution is 6.00. The zero-order valence-corrected chi connectivity index (χ0v) is 11.7. The van der Waals surface area contributed by atoms with Crippen molar-refractivity contribution in [1.82, 2.24) is 0 Å². The molecule has 0 fully saturated rings. The summed E-state index contributed by atoms with van der Waals surface area (Å²) in [5, 5.41) is 2.20. The number of nitrogens with two attached hydrogens (primary N) is 1. The number of hydrogen-bond donors (Lipinski definition) is 2. The second-order valence-corrected chi connectivity index (χ2v) is 4.79. The second-order valence-electron chi connectivity index (χ2n) is 4.79. The van der Waals surface area contributed by atoms with Crippen LogP contribution in [0.1, 0.15) is 21.5 Å². The molecule has 0 aliphatic carbocycles. The largest absolute Gasteiger partial charge is 0.365 e. The van der Waals surface area contributed by atoms with E-state index >= 15 is 0 Å². The van der Waals surface area contributed by atoms with E-state index in [1.807, 2.05) is 0 Å². The molecule has 0 spiro atoms. The molecule has 116 valence electrons. The third kappa shape index (κ3) is 2.61. The molecule has 0 aromatic heterocycles. The Balaban J connectivity index is 2.66. The first-order valence-electron chi connectivity index (χ1n) is 6.24. The molecule has 0 saturated carbocycles. The maximum atomic E-state index is 14.0. The predicted octanol–water partition coefficient (Wildman–Crippen LogP) is 3.70. The molecule has 0 unspecified atom stereocenters. The molecule has 3 nitrogen and oxygen atoms in total. The van der Waals surface area contributed by atoms with Gasteiger partial charge >= 0.3 is 0 Å². The Labute approximate surface area is 123 Å². The number of primary amides is 1. The van der Waals surface area contributed by atoms with Gasteiger partial charge < -0.3 is 11.1 Å². The van der Waals surface area contributed by atoms with Crippen molar-refractivity contribution in [2.45, 2.75) is 13.8 Å². The Kier molecular flexibility index (Phi) is 4.07. The van der Waals surface area contributed by atoms with E-state index < -0.39 is 46.0 Å². The summed E-state index contributed by atoms with van der Waals surface area (Å²) in [6.45, 7) is 2.60. The molecule has 0 atom stereocenters. The van der Waals surface area contributed by atoms with E-state index in [2.05, 4.69) is 5.32 Å². The van der Waals surface area contributed by atoms with E-state index in [9.17, 15) is 22.4 Å². The normalized spacial score (nSPS) is 10.6. The number of benzene rings is 2. The summed E-state index contributed by atoms with van der Waals surface area (Å²) in [5.74, 6) is -6.34. The van der Waals surface area contributed by atoms with Crippen LogP contribution in [0.15, 0.2) is 18.2 Å². The Morgan fingerprint density at radius 3 is 2.23 bits per heavy atom. The number of halogens is 4. The number of anilines is 2. The Morgan fingerprint density at radius 2 is 1.68 bits per heavy atom. The Morgan fingerprint density at radius 1 is 1.05 bits per heavy atom. The van der Waals surface area contributed by atoms with Gasteiger partial charge in [-0.1, -0.05) is 6.07 Å². The van der Waals surface area contributed by atoms with E-state index in [1.54, 1.807) is 6.92 Å². The molecule has 0 heterocycles. The SMILES string of the molecule is Cc1ccc(Nc2c(F)c(F)c(C)c(F)c2C(N)=O)c(F)c1. The van der Waals surface area contributed by atoms with Crippen LogP contribution in [0.25, 0.3) is 0 Å². The average Bonchev–Trinajstić information content (AvgIpc) is 2.44. The highest BCUT2D eigenvalue weighted by Crippen LogP contribution is 2.32. The van der Waals surface area contributed by atoms with Crippen LogP contribution in [-0.2, 0) is 0 Å². The highest BCUT2D eigenvalue weighted by Gasteiger charge is 2.26. The first-order valence-corrected chi connectivity index (χ1v) is 6.24. The van der Waals surface area contributed by atoms with Gasteiger partial charge in [0.25, 0.3) is 5.91 Å². The molecule has 0 radical (unpaired) electrons. The minimum atomic E-state index is -1.51. The summed E-state index contributed by atoms with van der Waals surface area (Å²) >= 11 is 0. The summed E-state index contributed by atoms with van der Waals surface area (Å²) in [7, 11) is 0. The minimum Gasteiger partial charge on any atom is -0.365 e. The van der Waals surface area contributed by atoms with Gasteiger partial charge in [0.1, 0.15) is 17.2 Å². The van der Waals surface area contributed by atoms with Gasteiger partial charge in [-0.2, -0.15) is 0 Å². The zero-order chi connectivity index (χ0) is 16.6. The van der Waals surface area contributed by atoms with Gasteiger partial charge in [-0.25, -0.2) is 17.6 Å². The molecule has 3 N–H and O–H groups in total. The molecule has 2 aromatic rings. The highest BCUT2D eigenvalue weighted by atomic mass is 19.2. The Bertz CT molecular complexity index is 775. The van der Waals surface area contributed by atoms with Crippen LogP contribution in [-0.4, -0.2) is 5.91 Å². The lowest BCUT2D eigenvalue weighted by Crippen LogP contribution is -2.19. The van der Waals surface area contributed by atoms with Crippen molar-refractivity contribution < 1.29 is 22.4 Å². The van der Waals surface area contributed by atoms with E-state index in [1.165, 1.54) is 12.1 Å². The third-order valence-corrected chi connectivity index (χ3v) is 3.17. The molecule has 0 saturated heterocycles. The molecular formula is C15H12F4N2O. The fraction of sp³-hybridized carbons (Fsp3) is 0.133. The third-order valence-electron chi connectivity index (χ3n) is 3.17. The van der Waals surface area contributed by atoms with Gasteiger partial charge in [0.15, 0.2) is 11.6 Å². The summed E-state index contributed by atoms with van der Waals surface area (Å²) < 4.78 is 55.5. The van der Waals surface area contributed by atoms with Crippen LogP contribution >= 0.6 is 0 Å². The van der Waals surface area contributed by atoms with Crippen LogP contribution in [0.2, 0.25) is 0 Å². The van der Waals surface area contributed by atoms with Crippen molar-refractivity contribution in [3.63, 3.8) is 0 Å². The van der Waals surface area contributed by atoms with Gasteiger partial charge in [-0.15, -0.1) is 0 Å². The van der Waals surface area contributed by atoms with Crippen LogP contribution in [0.4, 0.5) is 28.9 Å². The molecular weight excluding hydrogens is 300 g/mol. The minimum absolute atomic E-state index is 0.241. The maximum absolute atomic E-state index is 14.0. The first-order chi connectivity index (χ1) is 10.2. The van der Waals surface area contributed by atoms with Crippen LogP contribution < -0.4 is 11.1 Å². The first kappa shape index (κ1) is 15.8. The number of aryl methyl sites for hydroxylation is 1. The van der Waals surface area contributed by atoms with E-state index in [-0.39, 0.29) is 5.69 Å². The zero-order valence-electron chi connectivity index (χ0n) is 11.7. The van der Waals surface area contributed by atoms with Gasteiger partial charge in [0.2, 0.25) is 0 Å². The lowest BCUT2D eigenvalue weighted by molar-refractivity contribution is 0.0996. The monoisotopic (exact) mass is 312 g/mol. The predicted molar refractivity (Wildman–Crippen MR) is 74.0 cm³/mol. The van der Waals surface area contributed by atoms with Crippen molar-refractivity contribution in [3.05, 3.63) is 58.2 Å². The topological polar surface area (TPSA) is 55.1 Å². The van der Waals surface area contributed by atoms with E-state index in [0.29, 0.717) is 5.56 Å². The molecule has 2 rings (SSSR count). The number of carbonyl (C=O) groups is 1. The lowest BCUT2D eigenvalue weighted by atomic mass is 10.1. The average molecular weight is 312 g/mol. The summed E-state index contributed by atoms with van der Waals surface area (Å²) in [5.41, 5.74) is 2.99. The fourth-order valence-corrected chi connectivity index (χ4v) is 1.98. The van der Waals surface area contributed by atoms with Gasteiger partial charge in [0, 0.05) is 5.56 Å². The molecule has 0 aliphatic heterocycles. The van der Waals surface area contributed by atoms with Crippen molar-refractivity contribution in [2.24, 2.45) is 5.73 Å². The lowest BCUT2D eigenvalue weighted by Gasteiger charge is -2.15. The quantitative estimate of drug-likeness (QED) is 0.670. The summed E-state index contributed by atoms with van der Waals surface area (Å²) in [6, 6.07) is 3.91. The van der Waals surface area contributed by atoms with Crippen molar-refractivity contribution in [1.29, 1.82) is 0 Å². The number of nitrogens with one attached hydrogen (secondary N) is 1. The second kappa shape index (κ2) is 5.67. The van der Waals surface area contributed by atoms with E-state index in [4.69, 9.17) is 5.73 Å². The summed E-state index contributed by atoms with van der Waals surface area (Å²) in [4.78, 5) is 11.3. The molecule has 0 aliphatic rings. The molecule has 22 heavy (non-hydrogen) atoms. The number of hydrogen-bond acceptors (Lipinski definition) is 2. The standard InChI is InChI=1S/C15H12F4N2O/c1-6-3-4-9(8(16)5-6)21-14-10(15(20)22)11(17)7(2)12(18)13(14)19/h3-5,21H,1-2H3,(H2,20,22). The summed E-state index contributed by atoms with van der Waals surface area (Å²) in [6.07, 6.45) is 0. The molecule has 2 aromatic carbocycles. The van der Waals surface area contributed by atoms with E-state index in [0.717, 1.165) is 13.0 Å². The maximum Gasteiger partial charge on any atom is 0.253 e. The fourth-order valence-electron chi connectivity index (χ4n) is 1.98. The number of carbonyl (C=O) groups excluding carboxylic acids is 1. The van der Waals surface area contributed by atoms with Crippen LogP contribution in [0.5, 0.6) is 0 Å². The molecule has 7 heteroatoms. The van der Waals surface area contributed by atoms with Crippen molar-refractivity contribution >= 4 is 17.3 Å². The number of rotatable bonds is 3. The van der Waals surface area contributed by atoms with Crippen molar-refractivity contribution in [3.8, 4) is 0 Å². The Hall–Kier alpha value is -2.57. The smallest absolute Gasteiger partial charge is 0.253 e. The van der Waals surface area contributed by atoms with Crippen molar-refractivity contribution in [2.75, 3.05) is 5.32 Å².